The van der Waals surface area contributed by atoms with Gasteiger partial charge in [-0.05, 0) is 20.3 Å². The number of aliphatic hydroxyl groups is 2. The van der Waals surface area contributed by atoms with Crippen LogP contribution in [0, 0.1) is 0 Å². The molecule has 0 bridgehead atoms. The highest BCUT2D eigenvalue weighted by atomic mass is 16.5. The topological polar surface area (TPSA) is 66.8 Å². The van der Waals surface area contributed by atoms with E-state index in [1.165, 1.54) is 64.2 Å². The predicted octanol–water partition coefficient (Wildman–Crippen LogP) is 4.61. The van der Waals surface area contributed by atoms with E-state index in [1.54, 1.807) is 0 Å². The van der Waals surface area contributed by atoms with E-state index in [4.69, 9.17) is 14.9 Å². The molecular formula is C19H40O4. The molecule has 0 spiro atoms. The molecule has 0 atom stereocenters. The summed E-state index contributed by atoms with van der Waals surface area (Å²) >= 11 is 0. The van der Waals surface area contributed by atoms with Gasteiger partial charge in [-0.15, -0.1) is 0 Å². The van der Waals surface area contributed by atoms with E-state index in [9.17, 15) is 4.79 Å². The lowest BCUT2D eigenvalue weighted by Crippen LogP contribution is -2.10. The van der Waals surface area contributed by atoms with Crippen molar-refractivity contribution in [2.75, 3.05) is 13.2 Å². The van der Waals surface area contributed by atoms with E-state index < -0.39 is 0 Å². The Morgan fingerprint density at radius 1 is 0.783 bits per heavy atom. The first kappa shape index (κ1) is 24.6. The summed E-state index contributed by atoms with van der Waals surface area (Å²) in [5.74, 6) is -0.0362. The van der Waals surface area contributed by atoms with Gasteiger partial charge in [0.2, 0.25) is 0 Å². The van der Waals surface area contributed by atoms with Crippen LogP contribution in [0.15, 0.2) is 0 Å². The van der Waals surface area contributed by atoms with Gasteiger partial charge in [0.05, 0.1) is 19.3 Å². The minimum atomic E-state index is -0.125. The molecule has 0 aromatic carbocycles. The third-order valence-electron chi connectivity index (χ3n) is 3.45. The minimum absolute atomic E-state index is 0.0280. The molecular weight excluding hydrogens is 292 g/mol. The van der Waals surface area contributed by atoms with Gasteiger partial charge in [0.1, 0.15) is 0 Å². The third kappa shape index (κ3) is 26.6. The van der Waals surface area contributed by atoms with Crippen LogP contribution < -0.4 is 0 Å². The highest BCUT2D eigenvalue weighted by Gasteiger charge is 2.04. The smallest absolute Gasteiger partial charge is 0.306 e. The van der Waals surface area contributed by atoms with E-state index in [1.807, 2.05) is 13.8 Å². The molecule has 2 N–H and O–H groups in total. The molecule has 0 unspecified atom stereocenters. The second-order valence-electron chi connectivity index (χ2n) is 6.27. The molecule has 0 fully saturated rings. The molecule has 23 heavy (non-hydrogen) atoms. The molecule has 0 heterocycles. The summed E-state index contributed by atoms with van der Waals surface area (Å²) in [7, 11) is 0. The van der Waals surface area contributed by atoms with E-state index in [-0.39, 0.29) is 25.3 Å². The zero-order valence-corrected chi connectivity index (χ0v) is 15.7. The van der Waals surface area contributed by atoms with Crippen LogP contribution in [0.1, 0.15) is 97.8 Å². The molecule has 0 amide bonds. The number of unbranched alkanes of at least 4 members (excludes halogenated alkanes) is 10. The first-order valence-corrected chi connectivity index (χ1v) is 9.49. The molecule has 0 aromatic rings. The molecule has 0 rings (SSSR count). The van der Waals surface area contributed by atoms with Crippen molar-refractivity contribution in [2.24, 2.45) is 0 Å². The Morgan fingerprint density at radius 2 is 1.17 bits per heavy atom. The van der Waals surface area contributed by atoms with Crippen LogP contribution in [0.25, 0.3) is 0 Å². The lowest BCUT2D eigenvalue weighted by molar-refractivity contribution is -0.147. The lowest BCUT2D eigenvalue weighted by atomic mass is 10.1. The molecule has 0 saturated carbocycles. The Labute approximate surface area is 143 Å². The molecule has 140 valence electrons. The Bertz CT molecular complexity index is 227. The van der Waals surface area contributed by atoms with Gasteiger partial charge in [-0.3, -0.25) is 4.79 Å². The van der Waals surface area contributed by atoms with Crippen LogP contribution in [0.2, 0.25) is 0 Å². The van der Waals surface area contributed by atoms with E-state index in [0.717, 1.165) is 6.42 Å². The quantitative estimate of drug-likeness (QED) is 0.360. The number of hydrogen-bond acceptors (Lipinski definition) is 4. The molecule has 0 saturated heterocycles. The highest BCUT2D eigenvalue weighted by molar-refractivity contribution is 5.69. The standard InChI is InChI=1S/C17H34O2.C2H6O2/c1-4-5-6-7-8-9-10-11-12-13-14-15-17(18)19-16(2)3;3-1-2-4/h16H,4-15H2,1-3H3;3-4H,1-2H2. The number of rotatable bonds is 14. The average molecular weight is 333 g/mol. The molecule has 0 radical (unpaired) electrons. The van der Waals surface area contributed by atoms with Gasteiger partial charge in [0.25, 0.3) is 0 Å². The SMILES string of the molecule is CCCCCCCCCCCCCC(=O)OC(C)C.OCCO. The maximum atomic E-state index is 11.3. The van der Waals surface area contributed by atoms with Gasteiger partial charge in [-0.2, -0.15) is 0 Å². The van der Waals surface area contributed by atoms with Crippen molar-refractivity contribution in [1.29, 1.82) is 0 Å². The number of esters is 1. The Kier molecular flexibility index (Phi) is 22.9. The summed E-state index contributed by atoms with van der Waals surface area (Å²) in [5.41, 5.74) is 0. The largest absolute Gasteiger partial charge is 0.463 e. The summed E-state index contributed by atoms with van der Waals surface area (Å²) in [6.07, 6.45) is 15.1. The fraction of sp³-hybridized carbons (Fsp3) is 0.947. The van der Waals surface area contributed by atoms with E-state index >= 15 is 0 Å². The van der Waals surface area contributed by atoms with Crippen LogP contribution >= 0.6 is 0 Å². The first-order chi connectivity index (χ1) is 11.1. The fourth-order valence-corrected chi connectivity index (χ4v) is 2.26. The summed E-state index contributed by atoms with van der Waals surface area (Å²) in [6.45, 7) is 5.81. The maximum absolute atomic E-state index is 11.3. The summed E-state index contributed by atoms with van der Waals surface area (Å²) < 4.78 is 5.10. The van der Waals surface area contributed by atoms with Crippen molar-refractivity contribution in [2.45, 2.75) is 104 Å². The fourth-order valence-electron chi connectivity index (χ4n) is 2.26. The molecule has 0 aliphatic carbocycles. The third-order valence-corrected chi connectivity index (χ3v) is 3.45. The maximum Gasteiger partial charge on any atom is 0.306 e. The van der Waals surface area contributed by atoms with Crippen molar-refractivity contribution >= 4 is 5.97 Å². The van der Waals surface area contributed by atoms with Gasteiger partial charge in [0.15, 0.2) is 0 Å². The minimum Gasteiger partial charge on any atom is -0.463 e. The zero-order valence-electron chi connectivity index (χ0n) is 15.7. The summed E-state index contributed by atoms with van der Waals surface area (Å²) in [4.78, 5) is 11.3. The van der Waals surface area contributed by atoms with Crippen LogP contribution in [0.4, 0.5) is 0 Å². The monoisotopic (exact) mass is 332 g/mol. The Morgan fingerprint density at radius 3 is 1.52 bits per heavy atom. The average Bonchev–Trinajstić information content (AvgIpc) is 2.52. The van der Waals surface area contributed by atoms with Gasteiger partial charge in [-0.25, -0.2) is 0 Å². The summed E-state index contributed by atoms with van der Waals surface area (Å²) in [5, 5.41) is 15.2. The number of carbonyl (C=O) groups is 1. The van der Waals surface area contributed by atoms with Crippen molar-refractivity contribution in [3.8, 4) is 0 Å². The van der Waals surface area contributed by atoms with E-state index in [2.05, 4.69) is 6.92 Å². The Balaban J connectivity index is 0. The molecule has 4 heteroatoms. The van der Waals surface area contributed by atoms with Crippen molar-refractivity contribution in [3.05, 3.63) is 0 Å². The number of aliphatic hydroxyl groups excluding tert-OH is 2. The Hall–Kier alpha value is -0.610. The molecule has 0 aliphatic rings. The van der Waals surface area contributed by atoms with Gasteiger partial charge in [-0.1, -0.05) is 71.1 Å². The highest BCUT2D eigenvalue weighted by Crippen LogP contribution is 2.12. The number of carbonyl (C=O) groups excluding carboxylic acids is 1. The molecule has 4 nitrogen and oxygen atoms in total. The van der Waals surface area contributed by atoms with Gasteiger partial charge >= 0.3 is 5.97 Å². The van der Waals surface area contributed by atoms with Gasteiger partial charge < -0.3 is 14.9 Å². The normalized spacial score (nSPS) is 10.3. The molecule has 0 aliphatic heterocycles. The molecule has 0 aromatic heterocycles. The van der Waals surface area contributed by atoms with Crippen molar-refractivity contribution < 1.29 is 19.7 Å². The number of ether oxygens (including phenoxy) is 1. The number of hydrogen-bond donors (Lipinski definition) is 2. The predicted molar refractivity (Wildman–Crippen MR) is 96.5 cm³/mol. The first-order valence-electron chi connectivity index (χ1n) is 9.49. The van der Waals surface area contributed by atoms with Gasteiger partial charge in [0, 0.05) is 6.42 Å². The van der Waals surface area contributed by atoms with Crippen LogP contribution in [0.5, 0.6) is 0 Å². The van der Waals surface area contributed by atoms with E-state index in [0.29, 0.717) is 6.42 Å². The van der Waals surface area contributed by atoms with Crippen molar-refractivity contribution in [1.82, 2.24) is 0 Å². The summed E-state index contributed by atoms with van der Waals surface area (Å²) in [6, 6.07) is 0. The zero-order chi connectivity index (χ0) is 17.8. The lowest BCUT2D eigenvalue weighted by Gasteiger charge is -2.07. The van der Waals surface area contributed by atoms with Crippen LogP contribution in [-0.4, -0.2) is 35.5 Å². The second-order valence-corrected chi connectivity index (χ2v) is 6.27. The van der Waals surface area contributed by atoms with Crippen molar-refractivity contribution in [3.63, 3.8) is 0 Å². The second kappa shape index (κ2) is 21.4. The van der Waals surface area contributed by atoms with Crippen LogP contribution in [-0.2, 0) is 9.53 Å². The van der Waals surface area contributed by atoms with Crippen LogP contribution in [0.3, 0.4) is 0 Å².